The maximum Gasteiger partial charge on any atom is 0.211 e. The highest BCUT2D eigenvalue weighted by molar-refractivity contribution is 5.82. The molecule has 0 amide bonds. The Morgan fingerprint density at radius 2 is 2.35 bits per heavy atom. The van der Waals surface area contributed by atoms with Crippen LogP contribution < -0.4 is 0 Å². The molecule has 1 aromatic heterocycles. The SMILES string of the molecule is O=C1CCCC[C@H]1[C@@H](C[N+](=O)[O-])c1ccoc1. The van der Waals surface area contributed by atoms with E-state index in [2.05, 4.69) is 0 Å². The number of rotatable bonds is 4. The van der Waals surface area contributed by atoms with Crippen LogP contribution in [0.4, 0.5) is 0 Å². The molecule has 2 atom stereocenters. The van der Waals surface area contributed by atoms with Gasteiger partial charge >= 0.3 is 0 Å². The summed E-state index contributed by atoms with van der Waals surface area (Å²) in [7, 11) is 0. The van der Waals surface area contributed by atoms with E-state index in [1.807, 2.05) is 0 Å². The third kappa shape index (κ3) is 2.72. The zero-order valence-corrected chi connectivity index (χ0v) is 9.50. The van der Waals surface area contributed by atoms with Crippen molar-refractivity contribution in [3.8, 4) is 0 Å². The van der Waals surface area contributed by atoms with Crippen molar-refractivity contribution in [2.24, 2.45) is 5.92 Å². The third-order valence-electron chi connectivity index (χ3n) is 3.40. The molecule has 0 unspecified atom stereocenters. The van der Waals surface area contributed by atoms with Crippen LogP contribution in [0.25, 0.3) is 0 Å². The lowest BCUT2D eigenvalue weighted by atomic mass is 9.76. The van der Waals surface area contributed by atoms with E-state index in [-0.39, 0.29) is 29.1 Å². The highest BCUT2D eigenvalue weighted by Crippen LogP contribution is 2.34. The summed E-state index contributed by atoms with van der Waals surface area (Å²) in [6.45, 7) is -0.198. The summed E-state index contributed by atoms with van der Waals surface area (Å²) in [5.74, 6) is -0.396. The summed E-state index contributed by atoms with van der Waals surface area (Å²) in [6.07, 6.45) is 6.19. The summed E-state index contributed by atoms with van der Waals surface area (Å²) >= 11 is 0. The topological polar surface area (TPSA) is 73.3 Å². The van der Waals surface area contributed by atoms with Crippen LogP contribution in [-0.4, -0.2) is 17.3 Å². The first-order valence-corrected chi connectivity index (χ1v) is 5.85. The van der Waals surface area contributed by atoms with Crippen LogP contribution in [0.2, 0.25) is 0 Å². The number of furan rings is 1. The van der Waals surface area contributed by atoms with Crippen molar-refractivity contribution < 1.29 is 14.1 Å². The number of hydrogen-bond acceptors (Lipinski definition) is 4. The minimum absolute atomic E-state index is 0.157. The predicted octanol–water partition coefficient (Wildman–Crippen LogP) is 2.40. The summed E-state index contributed by atoms with van der Waals surface area (Å²) in [5, 5.41) is 10.7. The second-order valence-corrected chi connectivity index (χ2v) is 4.50. The average Bonchev–Trinajstić information content (AvgIpc) is 2.80. The molecule has 1 saturated carbocycles. The number of nitrogens with zero attached hydrogens (tertiary/aromatic N) is 1. The minimum Gasteiger partial charge on any atom is -0.472 e. The lowest BCUT2D eigenvalue weighted by Crippen LogP contribution is -2.29. The molecule has 1 heterocycles. The van der Waals surface area contributed by atoms with Gasteiger partial charge in [-0.3, -0.25) is 14.9 Å². The van der Waals surface area contributed by atoms with E-state index in [0.717, 1.165) is 24.8 Å². The number of carbonyl (C=O) groups is 1. The fraction of sp³-hybridized carbons (Fsp3) is 0.583. The normalized spacial score (nSPS) is 22.4. The van der Waals surface area contributed by atoms with Crippen molar-refractivity contribution in [2.45, 2.75) is 31.6 Å². The molecular formula is C12H15NO4. The van der Waals surface area contributed by atoms with Gasteiger partial charge in [-0.1, -0.05) is 6.42 Å². The Morgan fingerprint density at radius 3 is 2.94 bits per heavy atom. The minimum atomic E-state index is -0.348. The van der Waals surface area contributed by atoms with Crippen LogP contribution in [-0.2, 0) is 4.79 Å². The van der Waals surface area contributed by atoms with Crippen molar-refractivity contribution in [1.82, 2.24) is 0 Å². The Bertz CT molecular complexity index is 399. The number of ketones is 1. The second-order valence-electron chi connectivity index (χ2n) is 4.50. The Hall–Kier alpha value is -1.65. The lowest BCUT2D eigenvalue weighted by molar-refractivity contribution is -0.484. The van der Waals surface area contributed by atoms with Gasteiger partial charge in [-0.15, -0.1) is 0 Å². The molecule has 5 nitrogen and oxygen atoms in total. The summed E-state index contributed by atoms with van der Waals surface area (Å²) < 4.78 is 4.97. The van der Waals surface area contributed by atoms with Crippen LogP contribution in [0.5, 0.6) is 0 Å². The number of nitro groups is 1. The quantitative estimate of drug-likeness (QED) is 0.595. The Labute approximate surface area is 99.0 Å². The number of hydrogen-bond donors (Lipinski definition) is 0. The van der Waals surface area contributed by atoms with Crippen molar-refractivity contribution in [3.63, 3.8) is 0 Å². The van der Waals surface area contributed by atoms with Gasteiger partial charge in [0.05, 0.1) is 18.4 Å². The maximum atomic E-state index is 11.9. The Morgan fingerprint density at radius 1 is 1.53 bits per heavy atom. The van der Waals surface area contributed by atoms with Gasteiger partial charge in [0.15, 0.2) is 0 Å². The Balaban J connectivity index is 2.20. The molecule has 0 bridgehead atoms. The monoisotopic (exact) mass is 237 g/mol. The van der Waals surface area contributed by atoms with Gasteiger partial charge in [0.1, 0.15) is 5.78 Å². The zero-order chi connectivity index (χ0) is 12.3. The second kappa shape index (κ2) is 5.12. The molecule has 0 radical (unpaired) electrons. The van der Waals surface area contributed by atoms with E-state index in [9.17, 15) is 14.9 Å². The van der Waals surface area contributed by atoms with Crippen LogP contribution in [0, 0.1) is 16.0 Å². The van der Waals surface area contributed by atoms with Crippen LogP contribution in [0.1, 0.15) is 37.2 Å². The van der Waals surface area contributed by atoms with E-state index in [1.54, 1.807) is 6.07 Å². The van der Waals surface area contributed by atoms with Crippen molar-refractivity contribution in [2.75, 3.05) is 6.54 Å². The Kier molecular flexibility index (Phi) is 3.56. The first-order chi connectivity index (χ1) is 8.18. The van der Waals surface area contributed by atoms with Crippen molar-refractivity contribution in [3.05, 3.63) is 34.3 Å². The molecule has 0 saturated heterocycles. The summed E-state index contributed by atoms with van der Waals surface area (Å²) in [5.41, 5.74) is 0.766. The molecule has 0 spiro atoms. The first-order valence-electron chi connectivity index (χ1n) is 5.85. The first kappa shape index (κ1) is 11.8. The largest absolute Gasteiger partial charge is 0.472 e. The average molecular weight is 237 g/mol. The summed E-state index contributed by atoms with van der Waals surface area (Å²) in [4.78, 5) is 22.2. The molecule has 0 N–H and O–H groups in total. The van der Waals surface area contributed by atoms with E-state index in [4.69, 9.17) is 4.42 Å². The van der Waals surface area contributed by atoms with Crippen LogP contribution >= 0.6 is 0 Å². The van der Waals surface area contributed by atoms with Gasteiger partial charge in [-0.2, -0.15) is 0 Å². The lowest BCUT2D eigenvalue weighted by Gasteiger charge is -2.25. The van der Waals surface area contributed by atoms with E-state index in [1.165, 1.54) is 12.5 Å². The smallest absolute Gasteiger partial charge is 0.211 e. The highest BCUT2D eigenvalue weighted by Gasteiger charge is 2.34. The zero-order valence-electron chi connectivity index (χ0n) is 9.50. The highest BCUT2D eigenvalue weighted by atomic mass is 16.6. The number of carbonyl (C=O) groups excluding carboxylic acids is 1. The molecule has 1 aliphatic carbocycles. The molecule has 1 aromatic rings. The fourth-order valence-corrected chi connectivity index (χ4v) is 2.55. The molecule has 17 heavy (non-hydrogen) atoms. The molecule has 0 aliphatic heterocycles. The molecular weight excluding hydrogens is 222 g/mol. The predicted molar refractivity (Wildman–Crippen MR) is 60.3 cm³/mol. The number of Topliss-reactive ketones (excluding diaryl/α,β-unsaturated/α-hetero) is 1. The van der Waals surface area contributed by atoms with Gasteiger partial charge < -0.3 is 4.42 Å². The van der Waals surface area contributed by atoms with Gasteiger partial charge in [-0.25, -0.2) is 0 Å². The van der Waals surface area contributed by atoms with E-state index < -0.39 is 0 Å². The van der Waals surface area contributed by atoms with Crippen LogP contribution in [0.3, 0.4) is 0 Å². The van der Waals surface area contributed by atoms with Crippen molar-refractivity contribution >= 4 is 5.78 Å². The molecule has 1 aliphatic rings. The standard InChI is InChI=1S/C12H15NO4/c14-12-4-2-1-3-10(12)11(7-13(15)16)9-5-6-17-8-9/h5-6,8,10-11H,1-4,7H2/t10-,11-/m0/s1. The molecule has 5 heteroatoms. The van der Waals surface area contributed by atoms with Gasteiger partial charge in [0.2, 0.25) is 6.54 Å². The molecule has 0 aromatic carbocycles. The van der Waals surface area contributed by atoms with Gasteiger partial charge in [0.25, 0.3) is 0 Å². The van der Waals surface area contributed by atoms with Gasteiger partial charge in [-0.05, 0) is 18.9 Å². The van der Waals surface area contributed by atoms with Gasteiger partial charge in [0, 0.05) is 22.8 Å². The molecule has 1 fully saturated rings. The van der Waals surface area contributed by atoms with Crippen molar-refractivity contribution in [1.29, 1.82) is 0 Å². The maximum absolute atomic E-state index is 11.9. The van der Waals surface area contributed by atoms with Crippen LogP contribution in [0.15, 0.2) is 23.0 Å². The fourth-order valence-electron chi connectivity index (χ4n) is 2.55. The summed E-state index contributed by atoms with van der Waals surface area (Å²) in [6, 6.07) is 1.72. The third-order valence-corrected chi connectivity index (χ3v) is 3.40. The van der Waals surface area contributed by atoms with E-state index >= 15 is 0 Å². The van der Waals surface area contributed by atoms with E-state index in [0.29, 0.717) is 6.42 Å². The molecule has 2 rings (SSSR count). The molecule has 92 valence electrons.